The molecule has 1 unspecified atom stereocenters. The highest BCUT2D eigenvalue weighted by Gasteiger charge is 2.34. The summed E-state index contributed by atoms with van der Waals surface area (Å²) in [5.74, 6) is -0.622. The van der Waals surface area contributed by atoms with Crippen molar-refractivity contribution in [3.63, 3.8) is 0 Å². The van der Waals surface area contributed by atoms with Gasteiger partial charge in [-0.05, 0) is 87.5 Å². The van der Waals surface area contributed by atoms with Crippen LogP contribution >= 0.6 is 0 Å². The Morgan fingerprint density at radius 1 is 1.00 bits per heavy atom. The molecule has 2 N–H and O–H groups in total. The zero-order valence-electron chi connectivity index (χ0n) is 26.6. The van der Waals surface area contributed by atoms with Crippen molar-refractivity contribution in [3.05, 3.63) is 60.4 Å². The number of ether oxygens (including phenoxy) is 1. The summed E-state index contributed by atoms with van der Waals surface area (Å²) >= 11 is 0. The molecule has 2 saturated heterocycles. The summed E-state index contributed by atoms with van der Waals surface area (Å²) in [6, 6.07) is 13.2. The first kappa shape index (κ1) is 33.6. The van der Waals surface area contributed by atoms with E-state index in [9.17, 15) is 22.8 Å². The van der Waals surface area contributed by atoms with Crippen molar-refractivity contribution in [1.29, 1.82) is 0 Å². The van der Waals surface area contributed by atoms with Gasteiger partial charge in [-0.25, -0.2) is 8.42 Å². The van der Waals surface area contributed by atoms with Gasteiger partial charge < -0.3 is 19.8 Å². The summed E-state index contributed by atoms with van der Waals surface area (Å²) < 4.78 is 39.2. The maximum Gasteiger partial charge on any atom is 0.287 e. The quantitative estimate of drug-likeness (QED) is 0.300. The van der Waals surface area contributed by atoms with Crippen LogP contribution in [-0.4, -0.2) is 86.6 Å². The Morgan fingerprint density at radius 2 is 1.76 bits per heavy atom. The third-order valence-electron chi connectivity index (χ3n) is 8.48. The van der Waals surface area contributed by atoms with Gasteiger partial charge in [0.1, 0.15) is 24.0 Å². The lowest BCUT2D eigenvalue weighted by Crippen LogP contribution is -2.52. The fourth-order valence-electron chi connectivity index (χ4n) is 6.00. The van der Waals surface area contributed by atoms with Crippen molar-refractivity contribution in [2.24, 2.45) is 5.92 Å². The van der Waals surface area contributed by atoms with Gasteiger partial charge >= 0.3 is 0 Å². The molecule has 5 rings (SSSR count). The van der Waals surface area contributed by atoms with Gasteiger partial charge in [0.2, 0.25) is 15.9 Å². The number of furan rings is 1. The van der Waals surface area contributed by atoms with Crippen LogP contribution < -0.4 is 15.4 Å². The zero-order chi connectivity index (χ0) is 32.7. The van der Waals surface area contributed by atoms with E-state index in [-0.39, 0.29) is 29.7 Å². The van der Waals surface area contributed by atoms with E-state index in [0.29, 0.717) is 42.6 Å². The highest BCUT2D eigenvalue weighted by Crippen LogP contribution is 2.25. The molecule has 248 valence electrons. The lowest BCUT2D eigenvalue weighted by atomic mass is 10.0. The molecule has 0 aliphatic carbocycles. The first-order chi connectivity index (χ1) is 22.1. The predicted octanol–water partition coefficient (Wildman–Crippen LogP) is 3.98. The molecule has 2 aliphatic rings. The summed E-state index contributed by atoms with van der Waals surface area (Å²) in [6.45, 7) is 7.35. The van der Waals surface area contributed by atoms with E-state index >= 15 is 0 Å². The number of likely N-dealkylation sites (tertiary alicyclic amines) is 1. The molecule has 12 heteroatoms. The van der Waals surface area contributed by atoms with Crippen molar-refractivity contribution in [2.45, 2.75) is 69.4 Å². The second-order valence-electron chi connectivity index (χ2n) is 12.5. The number of carbonyl (C=O) groups is 3. The van der Waals surface area contributed by atoms with Crippen LogP contribution in [0, 0.1) is 5.92 Å². The Morgan fingerprint density at radius 3 is 2.50 bits per heavy atom. The Balaban J connectivity index is 1.20. The number of amides is 2. The van der Waals surface area contributed by atoms with Crippen LogP contribution in [0.25, 0.3) is 11.0 Å². The molecular weight excluding hydrogens is 608 g/mol. The number of nitrogens with zero attached hydrogens (tertiary/aromatic N) is 2. The van der Waals surface area contributed by atoms with Crippen LogP contribution in [0.15, 0.2) is 63.9 Å². The number of Topliss-reactive ketones (excluding diaryl/α,β-unsaturated/α-hetero) is 1. The fourth-order valence-corrected chi connectivity index (χ4v) is 7.46. The molecule has 1 aromatic heterocycles. The summed E-state index contributed by atoms with van der Waals surface area (Å²) in [4.78, 5) is 42.4. The van der Waals surface area contributed by atoms with Gasteiger partial charge in [0.05, 0.1) is 17.5 Å². The normalized spacial score (nSPS) is 19.1. The molecule has 11 nitrogen and oxygen atoms in total. The lowest BCUT2D eigenvalue weighted by Gasteiger charge is -2.26. The number of nitrogens with one attached hydrogen (secondary N) is 2. The zero-order valence-corrected chi connectivity index (χ0v) is 27.4. The maximum atomic E-state index is 13.4. The number of hydrogen-bond donors (Lipinski definition) is 2. The first-order valence-electron chi connectivity index (χ1n) is 16.2. The standard InChI is InChI=1S/C34H44N4O7S/c1-24(2)20-29(33(40)35-28-12-9-17-38(23-30(28)39)46(42,43)27-10-5-3-6-11-27)36-34(41)32-22-25-21-26(13-14-31(25)45-32)44-19-18-37-15-7-4-8-16-37/h3,5-6,10-11,13-14,21-22,24,28-29H,4,7-9,12,15-20,23H2,1-2H3,(H,35,40)(H,36,41)/t28?,29-/m1/s1. The molecule has 0 spiro atoms. The topological polar surface area (TPSA) is 138 Å². The molecule has 0 saturated carbocycles. The van der Waals surface area contributed by atoms with Crippen molar-refractivity contribution >= 4 is 38.6 Å². The third-order valence-corrected chi connectivity index (χ3v) is 10.3. The van der Waals surface area contributed by atoms with Crippen LogP contribution in [0.2, 0.25) is 0 Å². The molecule has 46 heavy (non-hydrogen) atoms. The minimum atomic E-state index is -3.85. The number of rotatable bonds is 12. The number of piperidine rings is 1. The molecule has 2 aromatic carbocycles. The molecular formula is C34H44N4O7S. The number of benzene rings is 2. The van der Waals surface area contributed by atoms with E-state index in [2.05, 4.69) is 15.5 Å². The van der Waals surface area contributed by atoms with Gasteiger partial charge in [-0.3, -0.25) is 19.3 Å². The van der Waals surface area contributed by atoms with Gasteiger partial charge in [0, 0.05) is 18.5 Å². The first-order valence-corrected chi connectivity index (χ1v) is 17.6. The van der Waals surface area contributed by atoms with E-state index in [1.165, 1.54) is 31.4 Å². The number of sulfonamides is 1. The minimum absolute atomic E-state index is 0.0627. The van der Waals surface area contributed by atoms with Gasteiger partial charge in [0.15, 0.2) is 11.5 Å². The number of hydrogen-bond acceptors (Lipinski definition) is 8. The number of carbonyl (C=O) groups excluding carboxylic acids is 3. The molecule has 3 aromatic rings. The molecule has 0 bridgehead atoms. The molecule has 3 heterocycles. The summed E-state index contributed by atoms with van der Waals surface area (Å²) in [7, 11) is -3.85. The average molecular weight is 653 g/mol. The molecule has 2 aliphatic heterocycles. The Kier molecular flexibility index (Phi) is 11.1. The van der Waals surface area contributed by atoms with Crippen molar-refractivity contribution in [1.82, 2.24) is 19.8 Å². The van der Waals surface area contributed by atoms with Crippen LogP contribution in [0.3, 0.4) is 0 Å². The van der Waals surface area contributed by atoms with Crippen LogP contribution in [0.5, 0.6) is 5.75 Å². The average Bonchev–Trinajstić information content (AvgIpc) is 3.38. The summed E-state index contributed by atoms with van der Waals surface area (Å²) in [5, 5.41) is 6.28. The Hall–Kier alpha value is -3.74. The van der Waals surface area contributed by atoms with E-state index in [1.807, 2.05) is 26.0 Å². The fraction of sp³-hybridized carbons (Fsp3) is 0.500. The third kappa shape index (κ3) is 8.54. The van der Waals surface area contributed by atoms with Crippen LogP contribution in [-0.2, 0) is 19.6 Å². The van der Waals surface area contributed by atoms with E-state index in [0.717, 1.165) is 23.9 Å². The number of fused-ring (bicyclic) bond motifs is 1. The lowest BCUT2D eigenvalue weighted by molar-refractivity contribution is -0.129. The highest BCUT2D eigenvalue weighted by atomic mass is 32.2. The van der Waals surface area contributed by atoms with Crippen LogP contribution in [0.4, 0.5) is 0 Å². The second kappa shape index (κ2) is 15.2. The summed E-state index contributed by atoms with van der Waals surface area (Å²) in [6.07, 6.45) is 4.76. The maximum absolute atomic E-state index is 13.4. The molecule has 0 radical (unpaired) electrons. The molecule has 2 amide bonds. The van der Waals surface area contributed by atoms with Crippen molar-refractivity contribution in [2.75, 3.05) is 39.3 Å². The second-order valence-corrected chi connectivity index (χ2v) is 14.5. The van der Waals surface area contributed by atoms with E-state index < -0.39 is 39.7 Å². The Bertz CT molecular complexity index is 1620. The molecule has 2 atom stereocenters. The van der Waals surface area contributed by atoms with Gasteiger partial charge in [0.25, 0.3) is 5.91 Å². The number of ketones is 1. The minimum Gasteiger partial charge on any atom is -0.492 e. The predicted molar refractivity (Wildman–Crippen MR) is 174 cm³/mol. The largest absolute Gasteiger partial charge is 0.492 e. The monoisotopic (exact) mass is 652 g/mol. The summed E-state index contributed by atoms with van der Waals surface area (Å²) in [5.41, 5.74) is 0.525. The van der Waals surface area contributed by atoms with E-state index in [1.54, 1.807) is 30.3 Å². The van der Waals surface area contributed by atoms with Crippen molar-refractivity contribution in [3.8, 4) is 5.75 Å². The molecule has 2 fully saturated rings. The van der Waals surface area contributed by atoms with Gasteiger partial charge in [-0.2, -0.15) is 4.31 Å². The smallest absolute Gasteiger partial charge is 0.287 e. The Labute approximate surface area is 270 Å². The van der Waals surface area contributed by atoms with Gasteiger partial charge in [-0.1, -0.05) is 38.5 Å². The highest BCUT2D eigenvalue weighted by molar-refractivity contribution is 7.89. The van der Waals surface area contributed by atoms with E-state index in [4.69, 9.17) is 9.15 Å². The SMILES string of the molecule is CC(C)C[C@@H](NC(=O)c1cc2cc(OCCN3CCCCC3)ccc2o1)C(=O)NC1CCCN(S(=O)(=O)c2ccccc2)CC1=O. The van der Waals surface area contributed by atoms with Crippen molar-refractivity contribution < 1.29 is 32.0 Å². The van der Waals surface area contributed by atoms with Gasteiger partial charge in [-0.15, -0.1) is 0 Å². The van der Waals surface area contributed by atoms with Crippen LogP contribution in [0.1, 0.15) is 62.9 Å².